The minimum Gasteiger partial charge on any atom is -0.365 e. The van der Waals surface area contributed by atoms with Crippen LogP contribution >= 0.6 is 11.6 Å². The van der Waals surface area contributed by atoms with E-state index in [0.717, 1.165) is 25.2 Å². The zero-order valence-corrected chi connectivity index (χ0v) is 12.7. The van der Waals surface area contributed by atoms with Crippen LogP contribution in [0.25, 0.3) is 0 Å². The first kappa shape index (κ1) is 14.2. The Morgan fingerprint density at radius 2 is 2.15 bits per heavy atom. The molecule has 20 heavy (non-hydrogen) atoms. The van der Waals surface area contributed by atoms with Gasteiger partial charge in [0.1, 0.15) is 5.82 Å². The van der Waals surface area contributed by atoms with Crippen LogP contribution in [0.15, 0.2) is 18.2 Å². The summed E-state index contributed by atoms with van der Waals surface area (Å²) in [6, 6.07) is 5.57. The van der Waals surface area contributed by atoms with E-state index in [0.29, 0.717) is 6.04 Å². The number of piperazine rings is 1. The van der Waals surface area contributed by atoms with Gasteiger partial charge < -0.3 is 10.2 Å². The van der Waals surface area contributed by atoms with Crippen molar-refractivity contribution in [3.8, 4) is 0 Å². The van der Waals surface area contributed by atoms with Gasteiger partial charge in [-0.1, -0.05) is 31.4 Å². The van der Waals surface area contributed by atoms with E-state index in [2.05, 4.69) is 17.1 Å². The normalized spacial score (nSPS) is 25.4. The fraction of sp³-hybridized carbons (Fsp3) is 0.625. The number of halogens is 2. The second-order valence-electron chi connectivity index (χ2n) is 6.16. The highest BCUT2D eigenvalue weighted by Crippen LogP contribution is 2.36. The summed E-state index contributed by atoms with van der Waals surface area (Å²) in [5.74, 6) is -0.339. The molecule has 1 saturated carbocycles. The van der Waals surface area contributed by atoms with Crippen LogP contribution in [-0.2, 0) is 0 Å². The van der Waals surface area contributed by atoms with Crippen LogP contribution in [0.3, 0.4) is 0 Å². The summed E-state index contributed by atoms with van der Waals surface area (Å²) in [4.78, 5) is 2.42. The van der Waals surface area contributed by atoms with E-state index in [-0.39, 0.29) is 16.4 Å². The molecule has 1 unspecified atom stereocenters. The van der Waals surface area contributed by atoms with Crippen LogP contribution in [0, 0.1) is 5.82 Å². The summed E-state index contributed by atoms with van der Waals surface area (Å²) in [7, 11) is 0. The molecule has 1 aliphatic heterocycles. The molecule has 1 aromatic carbocycles. The third-order valence-corrected chi connectivity index (χ3v) is 5.18. The van der Waals surface area contributed by atoms with Crippen LogP contribution in [0.2, 0.25) is 5.02 Å². The maximum Gasteiger partial charge on any atom is 0.141 e. The standard InChI is InChI=1S/C16H22ClFN2/c1-2-12-10-19-16(7-3-4-8-16)11-20(12)13-5-6-15(18)14(17)9-13/h5-6,9,12,19H,2-4,7-8,10-11H2,1H3. The van der Waals surface area contributed by atoms with Gasteiger partial charge in [0.25, 0.3) is 0 Å². The number of rotatable bonds is 2. The van der Waals surface area contributed by atoms with Crippen molar-refractivity contribution >= 4 is 17.3 Å². The van der Waals surface area contributed by atoms with Crippen molar-refractivity contribution in [3.63, 3.8) is 0 Å². The lowest BCUT2D eigenvalue weighted by atomic mass is 9.91. The molecule has 1 aromatic rings. The zero-order valence-electron chi connectivity index (χ0n) is 12.0. The number of hydrogen-bond acceptors (Lipinski definition) is 2. The minimum atomic E-state index is -0.339. The van der Waals surface area contributed by atoms with Crippen molar-refractivity contribution in [2.75, 3.05) is 18.0 Å². The van der Waals surface area contributed by atoms with Crippen molar-refractivity contribution in [1.82, 2.24) is 5.32 Å². The fourth-order valence-electron chi connectivity index (χ4n) is 3.67. The van der Waals surface area contributed by atoms with Gasteiger partial charge in [-0.15, -0.1) is 0 Å². The molecule has 1 spiro atoms. The molecule has 1 N–H and O–H groups in total. The number of benzene rings is 1. The number of nitrogens with one attached hydrogen (secondary N) is 1. The SMILES string of the molecule is CCC1CNC2(CCCC2)CN1c1ccc(F)c(Cl)c1. The molecule has 4 heteroatoms. The van der Waals surface area contributed by atoms with Crippen LogP contribution in [0.4, 0.5) is 10.1 Å². The molecule has 0 radical (unpaired) electrons. The van der Waals surface area contributed by atoms with Gasteiger partial charge in [0.15, 0.2) is 0 Å². The zero-order chi connectivity index (χ0) is 14.2. The first-order valence-corrected chi connectivity index (χ1v) is 7.98. The third kappa shape index (κ3) is 2.53. The average Bonchev–Trinajstić information content (AvgIpc) is 2.90. The second kappa shape index (κ2) is 5.53. The molecule has 0 amide bonds. The Morgan fingerprint density at radius 1 is 1.40 bits per heavy atom. The highest BCUT2D eigenvalue weighted by molar-refractivity contribution is 6.31. The van der Waals surface area contributed by atoms with Gasteiger partial charge >= 0.3 is 0 Å². The van der Waals surface area contributed by atoms with Crippen molar-refractivity contribution in [3.05, 3.63) is 29.0 Å². The fourth-order valence-corrected chi connectivity index (χ4v) is 3.85. The lowest BCUT2D eigenvalue weighted by Gasteiger charge is -2.47. The third-order valence-electron chi connectivity index (χ3n) is 4.89. The predicted octanol–water partition coefficient (Wildman–Crippen LogP) is 3.98. The van der Waals surface area contributed by atoms with Gasteiger partial charge in [-0.05, 0) is 37.5 Å². The lowest BCUT2D eigenvalue weighted by molar-refractivity contribution is 0.267. The summed E-state index contributed by atoms with van der Waals surface area (Å²) >= 11 is 5.96. The van der Waals surface area contributed by atoms with Gasteiger partial charge in [0, 0.05) is 30.4 Å². The molecule has 1 aliphatic carbocycles. The van der Waals surface area contributed by atoms with Gasteiger partial charge in [-0.3, -0.25) is 0 Å². The van der Waals surface area contributed by atoms with Gasteiger partial charge in [0.05, 0.1) is 5.02 Å². The van der Waals surface area contributed by atoms with Crippen molar-refractivity contribution in [2.24, 2.45) is 0 Å². The van der Waals surface area contributed by atoms with Crippen LogP contribution in [0.1, 0.15) is 39.0 Å². The van der Waals surface area contributed by atoms with Gasteiger partial charge in [-0.2, -0.15) is 0 Å². The molecule has 0 bridgehead atoms. The smallest absolute Gasteiger partial charge is 0.141 e. The largest absolute Gasteiger partial charge is 0.365 e. The van der Waals surface area contributed by atoms with Crippen LogP contribution in [-0.4, -0.2) is 24.7 Å². The maximum atomic E-state index is 13.4. The number of anilines is 1. The molecule has 2 nitrogen and oxygen atoms in total. The van der Waals surface area contributed by atoms with E-state index in [1.165, 1.54) is 31.7 Å². The molecule has 2 fully saturated rings. The van der Waals surface area contributed by atoms with Gasteiger partial charge in [0.2, 0.25) is 0 Å². The van der Waals surface area contributed by atoms with E-state index in [1.807, 2.05) is 6.07 Å². The van der Waals surface area contributed by atoms with E-state index in [4.69, 9.17) is 11.6 Å². The van der Waals surface area contributed by atoms with E-state index in [1.54, 1.807) is 6.07 Å². The minimum absolute atomic E-state index is 0.219. The Morgan fingerprint density at radius 3 is 2.80 bits per heavy atom. The Kier molecular flexibility index (Phi) is 3.91. The van der Waals surface area contributed by atoms with Crippen molar-refractivity contribution < 1.29 is 4.39 Å². The van der Waals surface area contributed by atoms with Crippen molar-refractivity contribution in [2.45, 2.75) is 50.6 Å². The second-order valence-corrected chi connectivity index (χ2v) is 6.56. The summed E-state index contributed by atoms with van der Waals surface area (Å²) < 4.78 is 13.4. The Balaban J connectivity index is 1.88. The highest BCUT2D eigenvalue weighted by Gasteiger charge is 2.40. The summed E-state index contributed by atoms with van der Waals surface area (Å²) in [5, 5.41) is 3.99. The predicted molar refractivity (Wildman–Crippen MR) is 82.0 cm³/mol. The summed E-state index contributed by atoms with van der Waals surface area (Å²) in [5.41, 5.74) is 1.31. The quantitative estimate of drug-likeness (QED) is 0.888. The summed E-state index contributed by atoms with van der Waals surface area (Å²) in [6.07, 6.45) is 6.19. The molecular formula is C16H22ClFN2. The maximum absolute atomic E-state index is 13.4. The number of nitrogens with zero attached hydrogens (tertiary/aromatic N) is 1. The average molecular weight is 297 g/mol. The van der Waals surface area contributed by atoms with Gasteiger partial charge in [-0.25, -0.2) is 4.39 Å². The molecule has 110 valence electrons. The van der Waals surface area contributed by atoms with Crippen molar-refractivity contribution in [1.29, 1.82) is 0 Å². The molecule has 1 saturated heterocycles. The first-order valence-electron chi connectivity index (χ1n) is 7.60. The monoisotopic (exact) mass is 296 g/mol. The molecule has 3 rings (SSSR count). The summed E-state index contributed by atoms with van der Waals surface area (Å²) in [6.45, 7) is 4.22. The Bertz CT molecular complexity index is 485. The van der Waals surface area contributed by atoms with E-state index < -0.39 is 0 Å². The first-order chi connectivity index (χ1) is 9.63. The molecule has 2 aliphatic rings. The Labute approximate surface area is 125 Å². The lowest BCUT2D eigenvalue weighted by Crippen LogP contribution is -2.63. The molecular weight excluding hydrogens is 275 g/mol. The Hall–Kier alpha value is -0.800. The number of hydrogen-bond donors (Lipinski definition) is 1. The topological polar surface area (TPSA) is 15.3 Å². The highest BCUT2D eigenvalue weighted by atomic mass is 35.5. The van der Waals surface area contributed by atoms with Crippen LogP contribution in [0.5, 0.6) is 0 Å². The molecule has 0 aromatic heterocycles. The van der Waals surface area contributed by atoms with E-state index >= 15 is 0 Å². The van der Waals surface area contributed by atoms with Crippen LogP contribution < -0.4 is 10.2 Å². The van der Waals surface area contributed by atoms with E-state index in [9.17, 15) is 4.39 Å². The molecule has 1 heterocycles. The molecule has 1 atom stereocenters.